The van der Waals surface area contributed by atoms with E-state index in [2.05, 4.69) is 11.8 Å². The van der Waals surface area contributed by atoms with Crippen molar-refractivity contribution in [2.45, 2.75) is 31.0 Å². The molecule has 3 N–H and O–H groups in total. The molecule has 1 aromatic heterocycles. The van der Waals surface area contributed by atoms with Crippen LogP contribution in [0.2, 0.25) is 0 Å². The fraction of sp³-hybridized carbons (Fsp3) is 0.500. The minimum Gasteiger partial charge on any atom is -0.392 e. The first-order valence-corrected chi connectivity index (χ1v) is 7.13. The van der Waals surface area contributed by atoms with E-state index in [-0.39, 0.29) is 11.4 Å². The first-order valence-electron chi connectivity index (χ1n) is 5.20. The van der Waals surface area contributed by atoms with Gasteiger partial charge in [-0.15, -0.1) is 11.3 Å². The second-order valence-corrected chi connectivity index (χ2v) is 5.89. The van der Waals surface area contributed by atoms with Gasteiger partial charge >= 0.3 is 0 Å². The van der Waals surface area contributed by atoms with Crippen molar-refractivity contribution >= 4 is 23.1 Å². The van der Waals surface area contributed by atoms with E-state index >= 15 is 0 Å². The van der Waals surface area contributed by atoms with Crippen molar-refractivity contribution in [2.24, 2.45) is 5.73 Å². The van der Waals surface area contributed by atoms with Gasteiger partial charge in [-0.05, 0) is 18.4 Å². The Morgan fingerprint density at radius 2 is 2.31 bits per heavy atom. The molecule has 0 aliphatic heterocycles. The van der Waals surface area contributed by atoms with Crippen molar-refractivity contribution in [2.75, 3.05) is 6.54 Å². The normalized spacial score (nSPS) is 14.0. The van der Waals surface area contributed by atoms with Crippen LogP contribution in [-0.2, 0) is 5.75 Å². The molecule has 4 heteroatoms. The second kappa shape index (κ2) is 6.97. The fourth-order valence-corrected chi connectivity index (χ4v) is 3.00. The lowest BCUT2D eigenvalue weighted by Gasteiger charge is -2.13. The van der Waals surface area contributed by atoms with Crippen molar-refractivity contribution in [1.82, 2.24) is 0 Å². The first kappa shape index (κ1) is 13.6. The van der Waals surface area contributed by atoms with E-state index in [1.165, 1.54) is 4.88 Å². The molecule has 16 heavy (non-hydrogen) atoms. The molecule has 0 bridgehead atoms. The number of thiophene rings is 1. The number of aliphatic hydroxyl groups excluding tert-OH is 1. The van der Waals surface area contributed by atoms with E-state index in [0.29, 0.717) is 6.54 Å². The predicted molar refractivity (Wildman–Crippen MR) is 72.7 cm³/mol. The van der Waals surface area contributed by atoms with E-state index in [4.69, 9.17) is 5.73 Å². The van der Waals surface area contributed by atoms with E-state index in [1.807, 2.05) is 25.3 Å². The standard InChI is InChI=1S/C12H17NOS2/c1-9(14)10(2)16-8-12-11(4-3-6-13)5-7-15-12/h5,7,9-10,14H,6,8,13H2,1-2H3. The van der Waals surface area contributed by atoms with Crippen LogP contribution in [0, 0.1) is 11.8 Å². The van der Waals surface area contributed by atoms with Crippen LogP contribution in [0.5, 0.6) is 0 Å². The zero-order chi connectivity index (χ0) is 12.0. The van der Waals surface area contributed by atoms with Gasteiger partial charge in [0.25, 0.3) is 0 Å². The van der Waals surface area contributed by atoms with Gasteiger partial charge < -0.3 is 10.8 Å². The van der Waals surface area contributed by atoms with E-state index in [9.17, 15) is 5.11 Å². The summed E-state index contributed by atoms with van der Waals surface area (Å²) in [6, 6.07) is 2.02. The van der Waals surface area contributed by atoms with Gasteiger partial charge in [-0.3, -0.25) is 0 Å². The quantitative estimate of drug-likeness (QED) is 0.810. The maximum absolute atomic E-state index is 9.40. The summed E-state index contributed by atoms with van der Waals surface area (Å²) in [6.45, 7) is 4.25. The Labute approximate surface area is 105 Å². The summed E-state index contributed by atoms with van der Waals surface area (Å²) in [4.78, 5) is 1.26. The topological polar surface area (TPSA) is 46.2 Å². The van der Waals surface area contributed by atoms with Crippen molar-refractivity contribution in [1.29, 1.82) is 0 Å². The molecule has 0 radical (unpaired) electrons. The molecule has 0 spiro atoms. The lowest BCUT2D eigenvalue weighted by molar-refractivity contribution is 0.196. The fourth-order valence-electron chi connectivity index (χ4n) is 1.06. The largest absolute Gasteiger partial charge is 0.392 e. The third-order valence-corrected chi connectivity index (χ3v) is 4.71. The van der Waals surface area contributed by atoms with Crippen LogP contribution in [0.25, 0.3) is 0 Å². The van der Waals surface area contributed by atoms with E-state index in [0.717, 1.165) is 11.3 Å². The summed E-state index contributed by atoms with van der Waals surface area (Å²) >= 11 is 3.46. The molecule has 0 fully saturated rings. The monoisotopic (exact) mass is 255 g/mol. The zero-order valence-corrected chi connectivity index (χ0v) is 11.2. The molecule has 1 aromatic rings. The van der Waals surface area contributed by atoms with Gasteiger partial charge in [-0.25, -0.2) is 0 Å². The third kappa shape index (κ3) is 4.18. The zero-order valence-electron chi connectivity index (χ0n) is 9.56. The SMILES string of the molecule is CC(O)C(C)SCc1sccc1C#CCN. The van der Waals surface area contributed by atoms with Crippen LogP contribution in [0.4, 0.5) is 0 Å². The number of hydrogen-bond donors (Lipinski definition) is 2. The van der Waals surface area contributed by atoms with Crippen LogP contribution in [-0.4, -0.2) is 23.0 Å². The molecule has 1 rings (SSSR count). The van der Waals surface area contributed by atoms with Gasteiger partial charge in [-0.1, -0.05) is 18.8 Å². The van der Waals surface area contributed by atoms with Gasteiger partial charge in [0.05, 0.1) is 12.6 Å². The van der Waals surface area contributed by atoms with E-state index in [1.54, 1.807) is 23.1 Å². The molecule has 88 valence electrons. The number of rotatable bonds is 4. The summed E-state index contributed by atoms with van der Waals surface area (Å²) < 4.78 is 0. The number of nitrogens with two attached hydrogens (primary N) is 1. The molecule has 0 aliphatic rings. The lowest BCUT2D eigenvalue weighted by atomic mass is 10.3. The van der Waals surface area contributed by atoms with Gasteiger partial charge in [0.2, 0.25) is 0 Å². The highest BCUT2D eigenvalue weighted by Gasteiger charge is 2.10. The van der Waals surface area contributed by atoms with Gasteiger partial charge in [-0.2, -0.15) is 11.8 Å². The summed E-state index contributed by atoms with van der Waals surface area (Å²) in [5.41, 5.74) is 6.42. The highest BCUT2D eigenvalue weighted by atomic mass is 32.2. The Bertz CT molecular complexity index is 376. The Balaban J connectivity index is 2.57. The molecule has 0 saturated carbocycles. The molecule has 1 heterocycles. The van der Waals surface area contributed by atoms with Gasteiger partial charge in [0.15, 0.2) is 0 Å². The lowest BCUT2D eigenvalue weighted by Crippen LogP contribution is -2.15. The van der Waals surface area contributed by atoms with Crippen molar-refractivity contribution in [3.05, 3.63) is 21.9 Å². The Morgan fingerprint density at radius 3 is 2.94 bits per heavy atom. The minimum atomic E-state index is -0.275. The van der Waals surface area contributed by atoms with Crippen molar-refractivity contribution < 1.29 is 5.11 Å². The van der Waals surface area contributed by atoms with Crippen molar-refractivity contribution in [3.63, 3.8) is 0 Å². The third-order valence-electron chi connectivity index (χ3n) is 2.23. The average Bonchev–Trinajstić information content (AvgIpc) is 2.70. The summed E-state index contributed by atoms with van der Waals surface area (Å²) in [7, 11) is 0. The van der Waals surface area contributed by atoms with Crippen LogP contribution in [0.3, 0.4) is 0 Å². The average molecular weight is 255 g/mol. The molecule has 0 aromatic carbocycles. The van der Waals surface area contributed by atoms with Gasteiger partial charge in [0, 0.05) is 21.4 Å². The Hall–Kier alpha value is -0.470. The number of hydrogen-bond acceptors (Lipinski definition) is 4. The molecule has 0 amide bonds. The molecule has 2 unspecified atom stereocenters. The second-order valence-electron chi connectivity index (χ2n) is 3.52. The summed E-state index contributed by atoms with van der Waals surface area (Å²) in [5.74, 6) is 6.83. The van der Waals surface area contributed by atoms with Crippen LogP contribution in [0.15, 0.2) is 11.4 Å². The maximum Gasteiger partial charge on any atom is 0.0628 e. The summed E-state index contributed by atoms with van der Waals surface area (Å²) in [5, 5.41) is 11.7. The molecular formula is C12H17NOS2. The Kier molecular flexibility index (Phi) is 5.93. The minimum absolute atomic E-state index is 0.248. The van der Waals surface area contributed by atoms with Crippen LogP contribution < -0.4 is 5.73 Å². The van der Waals surface area contributed by atoms with E-state index < -0.39 is 0 Å². The number of aliphatic hydroxyl groups is 1. The van der Waals surface area contributed by atoms with Crippen LogP contribution >= 0.6 is 23.1 Å². The molecule has 0 aliphatic carbocycles. The van der Waals surface area contributed by atoms with Crippen LogP contribution in [0.1, 0.15) is 24.3 Å². The summed E-state index contributed by atoms with van der Waals surface area (Å²) in [6.07, 6.45) is -0.275. The molecule has 2 atom stereocenters. The smallest absolute Gasteiger partial charge is 0.0628 e. The van der Waals surface area contributed by atoms with Gasteiger partial charge in [0.1, 0.15) is 0 Å². The first-order chi connectivity index (χ1) is 7.65. The Morgan fingerprint density at radius 1 is 1.56 bits per heavy atom. The highest BCUT2D eigenvalue weighted by molar-refractivity contribution is 7.99. The number of thioether (sulfide) groups is 1. The molecular weight excluding hydrogens is 238 g/mol. The predicted octanol–water partition coefficient (Wildman–Crippen LogP) is 2.06. The van der Waals surface area contributed by atoms with Crippen molar-refractivity contribution in [3.8, 4) is 11.8 Å². The molecule has 0 saturated heterocycles. The maximum atomic E-state index is 9.40. The highest BCUT2D eigenvalue weighted by Crippen LogP contribution is 2.25. The molecule has 2 nitrogen and oxygen atoms in total.